The zero-order chi connectivity index (χ0) is 20.1. The van der Waals surface area contributed by atoms with Gasteiger partial charge in [-0.1, -0.05) is 13.8 Å². The van der Waals surface area contributed by atoms with Crippen LogP contribution in [-0.4, -0.2) is 35.7 Å². The maximum absolute atomic E-state index is 13.0. The smallest absolute Gasteiger partial charge is 0.324 e. The van der Waals surface area contributed by atoms with E-state index < -0.39 is 40.9 Å². The number of carbonyl (C=O) groups excluding carboxylic acids is 3. The molecule has 0 aliphatic rings. The number of carbonyl (C=O) groups is 3. The van der Waals surface area contributed by atoms with Gasteiger partial charge in [-0.25, -0.2) is 0 Å². The lowest BCUT2D eigenvalue weighted by Crippen LogP contribution is -2.49. The predicted molar refractivity (Wildman–Crippen MR) is 94.8 cm³/mol. The molecule has 0 unspecified atom stereocenters. The van der Waals surface area contributed by atoms with Gasteiger partial charge in [0.15, 0.2) is 5.41 Å². The van der Waals surface area contributed by atoms with E-state index in [9.17, 15) is 14.4 Å². The Morgan fingerprint density at radius 1 is 0.840 bits per heavy atom. The van der Waals surface area contributed by atoms with Crippen molar-refractivity contribution in [1.29, 1.82) is 0 Å². The first kappa shape index (κ1) is 23.4. The van der Waals surface area contributed by atoms with Crippen LogP contribution in [0.25, 0.3) is 0 Å². The molecule has 0 saturated carbocycles. The highest BCUT2D eigenvalue weighted by Crippen LogP contribution is 2.37. The molecule has 0 aromatic carbocycles. The average Bonchev–Trinajstić information content (AvgIpc) is 2.32. The van der Waals surface area contributed by atoms with E-state index in [-0.39, 0.29) is 18.9 Å². The summed E-state index contributed by atoms with van der Waals surface area (Å²) in [4.78, 5) is 38.0. The molecule has 0 aliphatic heterocycles. The van der Waals surface area contributed by atoms with Crippen molar-refractivity contribution < 1.29 is 28.6 Å². The van der Waals surface area contributed by atoms with Crippen LogP contribution in [-0.2, 0) is 28.6 Å². The first-order valence-electron chi connectivity index (χ1n) is 8.75. The summed E-state index contributed by atoms with van der Waals surface area (Å²) < 4.78 is 15.9. The molecule has 0 atom stereocenters. The maximum Gasteiger partial charge on any atom is 0.324 e. The van der Waals surface area contributed by atoms with Crippen LogP contribution in [0.4, 0.5) is 0 Å². The summed E-state index contributed by atoms with van der Waals surface area (Å²) >= 11 is 0. The van der Waals surface area contributed by atoms with Crippen molar-refractivity contribution in [2.45, 2.75) is 86.4 Å². The molecule has 0 radical (unpaired) electrons. The largest absolute Gasteiger partial charge is 0.466 e. The SMILES string of the molecule is CCOC(=O)CC(CC(C)C)(C(=O)OC(C)(C)C)C(=O)OC(C)(C)C. The fraction of sp³-hybridized carbons (Fsp3) is 0.842. The number of hydrogen-bond donors (Lipinski definition) is 0. The molecule has 146 valence electrons. The molecule has 0 bridgehead atoms. The van der Waals surface area contributed by atoms with Gasteiger partial charge in [-0.2, -0.15) is 0 Å². The molecule has 0 aliphatic carbocycles. The minimum Gasteiger partial charge on any atom is -0.466 e. The third kappa shape index (κ3) is 8.36. The second-order valence-corrected chi connectivity index (χ2v) is 8.67. The average molecular weight is 358 g/mol. The minimum atomic E-state index is -1.72. The van der Waals surface area contributed by atoms with Crippen LogP contribution >= 0.6 is 0 Å². The van der Waals surface area contributed by atoms with E-state index >= 15 is 0 Å². The lowest BCUT2D eigenvalue weighted by molar-refractivity contribution is -0.190. The molecule has 6 nitrogen and oxygen atoms in total. The Bertz CT molecular complexity index is 451. The zero-order valence-corrected chi connectivity index (χ0v) is 17.1. The first-order chi connectivity index (χ1) is 11.1. The highest BCUT2D eigenvalue weighted by molar-refractivity contribution is 6.03. The van der Waals surface area contributed by atoms with E-state index in [2.05, 4.69) is 0 Å². The van der Waals surface area contributed by atoms with Gasteiger partial charge in [0, 0.05) is 0 Å². The Labute approximate surface area is 151 Å². The molecule has 0 heterocycles. The molecule has 25 heavy (non-hydrogen) atoms. The second kappa shape index (κ2) is 8.68. The fourth-order valence-corrected chi connectivity index (χ4v) is 2.37. The lowest BCUT2D eigenvalue weighted by Gasteiger charge is -2.35. The van der Waals surface area contributed by atoms with Crippen LogP contribution in [0.1, 0.15) is 75.2 Å². The molecular weight excluding hydrogens is 324 g/mol. The van der Waals surface area contributed by atoms with Gasteiger partial charge in [-0.15, -0.1) is 0 Å². The molecule has 0 amide bonds. The number of esters is 3. The lowest BCUT2D eigenvalue weighted by atomic mass is 9.76. The summed E-state index contributed by atoms with van der Waals surface area (Å²) in [5.74, 6) is -2.17. The van der Waals surface area contributed by atoms with Gasteiger partial charge in [0.05, 0.1) is 13.0 Å². The van der Waals surface area contributed by atoms with E-state index in [1.165, 1.54) is 0 Å². The Balaban J connectivity index is 5.99. The number of hydrogen-bond acceptors (Lipinski definition) is 6. The van der Waals surface area contributed by atoms with E-state index in [0.717, 1.165) is 0 Å². The standard InChI is InChI=1S/C19H34O6/c1-10-23-14(20)12-19(11-13(2)3,15(21)24-17(4,5)6)16(22)25-18(7,8)9/h13H,10-12H2,1-9H3. The van der Waals surface area contributed by atoms with Crippen LogP contribution in [0.15, 0.2) is 0 Å². The van der Waals surface area contributed by atoms with E-state index in [4.69, 9.17) is 14.2 Å². The van der Waals surface area contributed by atoms with Crippen molar-refractivity contribution in [3.8, 4) is 0 Å². The Morgan fingerprint density at radius 3 is 1.52 bits per heavy atom. The number of ether oxygens (including phenoxy) is 3. The molecule has 6 heteroatoms. The van der Waals surface area contributed by atoms with Crippen molar-refractivity contribution >= 4 is 17.9 Å². The van der Waals surface area contributed by atoms with Gasteiger partial charge in [-0.05, 0) is 60.8 Å². The normalized spacial score (nSPS) is 12.7. The highest BCUT2D eigenvalue weighted by atomic mass is 16.6. The summed E-state index contributed by atoms with van der Waals surface area (Å²) in [6.07, 6.45) is -0.265. The zero-order valence-electron chi connectivity index (χ0n) is 17.1. The number of rotatable bonds is 7. The van der Waals surface area contributed by atoms with Crippen LogP contribution in [0.2, 0.25) is 0 Å². The third-order valence-electron chi connectivity index (χ3n) is 3.09. The molecular formula is C19H34O6. The van der Waals surface area contributed by atoms with Gasteiger partial charge in [0.1, 0.15) is 11.2 Å². The maximum atomic E-state index is 13.0. The second-order valence-electron chi connectivity index (χ2n) is 8.67. The summed E-state index contributed by atoms with van der Waals surface area (Å²) in [6, 6.07) is 0. The van der Waals surface area contributed by atoms with Crippen molar-refractivity contribution in [2.75, 3.05) is 6.61 Å². The van der Waals surface area contributed by atoms with Crippen LogP contribution < -0.4 is 0 Å². The molecule has 0 aromatic rings. The van der Waals surface area contributed by atoms with E-state index in [1.807, 2.05) is 13.8 Å². The Kier molecular flexibility index (Phi) is 8.12. The van der Waals surface area contributed by atoms with Crippen molar-refractivity contribution in [3.63, 3.8) is 0 Å². The van der Waals surface area contributed by atoms with Gasteiger partial charge < -0.3 is 14.2 Å². The van der Waals surface area contributed by atoms with Crippen molar-refractivity contribution in [1.82, 2.24) is 0 Å². The van der Waals surface area contributed by atoms with Crippen molar-refractivity contribution in [2.24, 2.45) is 11.3 Å². The van der Waals surface area contributed by atoms with E-state index in [1.54, 1.807) is 48.5 Å². The van der Waals surface area contributed by atoms with E-state index in [0.29, 0.717) is 0 Å². The van der Waals surface area contributed by atoms with Crippen LogP contribution in [0.3, 0.4) is 0 Å². The van der Waals surface area contributed by atoms with Crippen molar-refractivity contribution in [3.05, 3.63) is 0 Å². The Hall–Kier alpha value is -1.59. The topological polar surface area (TPSA) is 78.9 Å². The molecule has 0 N–H and O–H groups in total. The Morgan fingerprint density at radius 2 is 1.24 bits per heavy atom. The molecule has 0 fully saturated rings. The summed E-state index contributed by atoms with van der Waals surface area (Å²) in [6.45, 7) is 15.9. The van der Waals surface area contributed by atoms with Gasteiger partial charge in [0.25, 0.3) is 0 Å². The third-order valence-corrected chi connectivity index (χ3v) is 3.09. The first-order valence-corrected chi connectivity index (χ1v) is 8.75. The summed E-state index contributed by atoms with van der Waals surface area (Å²) in [5, 5.41) is 0. The minimum absolute atomic E-state index is 0.0329. The quantitative estimate of drug-likeness (QED) is 0.393. The monoisotopic (exact) mass is 358 g/mol. The summed E-state index contributed by atoms with van der Waals surface area (Å²) in [5.41, 5.74) is -3.31. The summed E-state index contributed by atoms with van der Waals surface area (Å²) in [7, 11) is 0. The predicted octanol–water partition coefficient (Wildman–Crippen LogP) is 3.66. The van der Waals surface area contributed by atoms with Gasteiger partial charge >= 0.3 is 17.9 Å². The van der Waals surface area contributed by atoms with Crippen LogP contribution in [0, 0.1) is 11.3 Å². The molecule has 0 spiro atoms. The van der Waals surface area contributed by atoms with Crippen LogP contribution in [0.5, 0.6) is 0 Å². The fourth-order valence-electron chi connectivity index (χ4n) is 2.37. The highest BCUT2D eigenvalue weighted by Gasteiger charge is 2.53. The molecule has 0 saturated heterocycles. The van der Waals surface area contributed by atoms with Gasteiger partial charge in [0.2, 0.25) is 0 Å². The van der Waals surface area contributed by atoms with Gasteiger partial charge in [-0.3, -0.25) is 14.4 Å². The molecule has 0 aromatic heterocycles. The molecule has 0 rings (SSSR count).